The zero-order chi connectivity index (χ0) is 9.68. The van der Waals surface area contributed by atoms with Crippen LogP contribution in [0, 0.1) is 0 Å². The first-order valence-electron chi connectivity index (χ1n) is 4.26. The maximum absolute atomic E-state index is 9.31. The zero-order valence-corrected chi connectivity index (χ0v) is 7.35. The second kappa shape index (κ2) is 4.97. The molecule has 72 valence electrons. The van der Waals surface area contributed by atoms with E-state index >= 15 is 0 Å². The molecule has 1 aromatic carbocycles. The van der Waals surface area contributed by atoms with E-state index in [0.29, 0.717) is 12.0 Å². The highest BCUT2D eigenvalue weighted by Gasteiger charge is 2.05. The SMILES string of the molecule is OCCc1cccc(C(O)CO)c1. The molecule has 1 aromatic rings. The molecule has 1 atom stereocenters. The Kier molecular flexibility index (Phi) is 3.89. The minimum atomic E-state index is -0.821. The molecule has 0 bridgehead atoms. The quantitative estimate of drug-likeness (QED) is 0.625. The predicted molar refractivity (Wildman–Crippen MR) is 49.3 cm³/mol. The van der Waals surface area contributed by atoms with E-state index in [-0.39, 0.29) is 13.2 Å². The Balaban J connectivity index is 2.78. The number of rotatable bonds is 4. The van der Waals surface area contributed by atoms with Crippen LogP contribution in [0.4, 0.5) is 0 Å². The fraction of sp³-hybridized carbons (Fsp3) is 0.400. The van der Waals surface area contributed by atoms with Gasteiger partial charge in [-0.05, 0) is 17.5 Å². The largest absolute Gasteiger partial charge is 0.396 e. The standard InChI is InChI=1S/C10H14O3/c11-5-4-8-2-1-3-9(6-8)10(13)7-12/h1-3,6,10-13H,4-5,7H2. The van der Waals surface area contributed by atoms with Gasteiger partial charge >= 0.3 is 0 Å². The van der Waals surface area contributed by atoms with Gasteiger partial charge in [-0.1, -0.05) is 24.3 Å². The summed E-state index contributed by atoms with van der Waals surface area (Å²) in [4.78, 5) is 0. The molecule has 0 amide bonds. The third-order valence-corrected chi connectivity index (χ3v) is 1.91. The molecule has 0 aromatic heterocycles. The molecule has 0 radical (unpaired) electrons. The summed E-state index contributed by atoms with van der Waals surface area (Å²) in [6.45, 7) is -0.179. The molecular formula is C10H14O3. The normalized spacial score (nSPS) is 12.8. The molecular weight excluding hydrogens is 168 g/mol. The molecule has 0 saturated carbocycles. The van der Waals surface area contributed by atoms with Gasteiger partial charge in [0.15, 0.2) is 0 Å². The topological polar surface area (TPSA) is 60.7 Å². The summed E-state index contributed by atoms with van der Waals surface area (Å²) in [5.74, 6) is 0. The van der Waals surface area contributed by atoms with Crippen molar-refractivity contribution in [2.75, 3.05) is 13.2 Å². The lowest BCUT2D eigenvalue weighted by molar-refractivity contribution is 0.0955. The second-order valence-electron chi connectivity index (χ2n) is 2.92. The summed E-state index contributed by atoms with van der Waals surface area (Å²) >= 11 is 0. The summed E-state index contributed by atoms with van der Waals surface area (Å²) in [5, 5.41) is 26.7. The molecule has 1 rings (SSSR count). The van der Waals surface area contributed by atoms with Gasteiger partial charge in [0.05, 0.1) is 6.61 Å². The molecule has 3 N–H and O–H groups in total. The van der Waals surface area contributed by atoms with Crippen molar-refractivity contribution in [3.8, 4) is 0 Å². The molecule has 0 saturated heterocycles. The van der Waals surface area contributed by atoms with Crippen LogP contribution in [-0.4, -0.2) is 28.5 Å². The van der Waals surface area contributed by atoms with Gasteiger partial charge < -0.3 is 15.3 Å². The maximum Gasteiger partial charge on any atom is 0.102 e. The predicted octanol–water partition coefficient (Wildman–Crippen LogP) is 0.247. The van der Waals surface area contributed by atoms with Gasteiger partial charge in [0.1, 0.15) is 6.10 Å². The Morgan fingerprint density at radius 2 is 2.00 bits per heavy atom. The first-order chi connectivity index (χ1) is 6.27. The lowest BCUT2D eigenvalue weighted by Crippen LogP contribution is -2.03. The highest BCUT2D eigenvalue weighted by Crippen LogP contribution is 2.13. The van der Waals surface area contributed by atoms with Crippen molar-refractivity contribution in [2.24, 2.45) is 0 Å². The maximum atomic E-state index is 9.31. The summed E-state index contributed by atoms with van der Waals surface area (Å²) in [6, 6.07) is 7.22. The highest BCUT2D eigenvalue weighted by molar-refractivity contribution is 5.25. The van der Waals surface area contributed by atoms with Crippen molar-refractivity contribution in [1.29, 1.82) is 0 Å². The van der Waals surface area contributed by atoms with Crippen LogP contribution in [0.25, 0.3) is 0 Å². The van der Waals surface area contributed by atoms with E-state index in [1.165, 1.54) is 0 Å². The van der Waals surface area contributed by atoms with Crippen LogP contribution in [0.3, 0.4) is 0 Å². The van der Waals surface area contributed by atoms with Crippen molar-refractivity contribution in [2.45, 2.75) is 12.5 Å². The summed E-state index contributed by atoms with van der Waals surface area (Å²) in [7, 11) is 0. The third kappa shape index (κ3) is 2.81. The molecule has 0 spiro atoms. The number of hydrogen-bond acceptors (Lipinski definition) is 3. The molecule has 0 fully saturated rings. The van der Waals surface area contributed by atoms with E-state index in [9.17, 15) is 5.11 Å². The number of hydrogen-bond donors (Lipinski definition) is 3. The molecule has 0 heterocycles. The van der Waals surface area contributed by atoms with Crippen molar-refractivity contribution in [3.63, 3.8) is 0 Å². The number of aliphatic hydroxyl groups is 3. The Labute approximate surface area is 77.3 Å². The van der Waals surface area contributed by atoms with Gasteiger partial charge in [-0.2, -0.15) is 0 Å². The molecule has 3 heteroatoms. The second-order valence-corrected chi connectivity index (χ2v) is 2.92. The summed E-state index contributed by atoms with van der Waals surface area (Å²) in [5.41, 5.74) is 1.65. The van der Waals surface area contributed by atoms with E-state index in [1.807, 2.05) is 6.07 Å². The van der Waals surface area contributed by atoms with E-state index in [0.717, 1.165) is 5.56 Å². The molecule has 13 heavy (non-hydrogen) atoms. The number of benzene rings is 1. The number of aliphatic hydroxyl groups excluding tert-OH is 3. The van der Waals surface area contributed by atoms with Crippen LogP contribution in [-0.2, 0) is 6.42 Å². The van der Waals surface area contributed by atoms with Crippen molar-refractivity contribution < 1.29 is 15.3 Å². The minimum absolute atomic E-state index is 0.0959. The van der Waals surface area contributed by atoms with Gasteiger partial charge in [-0.15, -0.1) is 0 Å². The lowest BCUT2D eigenvalue weighted by atomic mass is 10.1. The average Bonchev–Trinajstić information content (AvgIpc) is 2.18. The Morgan fingerprint density at radius 1 is 1.23 bits per heavy atom. The Hall–Kier alpha value is -0.900. The van der Waals surface area contributed by atoms with Crippen molar-refractivity contribution >= 4 is 0 Å². The van der Waals surface area contributed by atoms with Crippen LogP contribution in [0.15, 0.2) is 24.3 Å². The fourth-order valence-corrected chi connectivity index (χ4v) is 1.19. The first kappa shape index (κ1) is 10.2. The van der Waals surface area contributed by atoms with Gasteiger partial charge in [-0.25, -0.2) is 0 Å². The average molecular weight is 182 g/mol. The third-order valence-electron chi connectivity index (χ3n) is 1.91. The van der Waals surface area contributed by atoms with Crippen LogP contribution in [0.1, 0.15) is 17.2 Å². The van der Waals surface area contributed by atoms with Crippen LogP contribution in [0.2, 0.25) is 0 Å². The van der Waals surface area contributed by atoms with Crippen molar-refractivity contribution in [1.82, 2.24) is 0 Å². The molecule has 1 unspecified atom stereocenters. The molecule has 0 aliphatic rings. The molecule has 0 aliphatic carbocycles. The monoisotopic (exact) mass is 182 g/mol. The van der Waals surface area contributed by atoms with E-state index in [1.54, 1.807) is 18.2 Å². The highest BCUT2D eigenvalue weighted by atomic mass is 16.3. The van der Waals surface area contributed by atoms with E-state index < -0.39 is 6.10 Å². The van der Waals surface area contributed by atoms with Gasteiger partial charge in [-0.3, -0.25) is 0 Å². The summed E-state index contributed by atoms with van der Waals surface area (Å²) in [6.07, 6.45) is -0.245. The first-order valence-corrected chi connectivity index (χ1v) is 4.26. The molecule has 0 aliphatic heterocycles. The smallest absolute Gasteiger partial charge is 0.102 e. The van der Waals surface area contributed by atoms with Gasteiger partial charge in [0.2, 0.25) is 0 Å². The van der Waals surface area contributed by atoms with E-state index in [2.05, 4.69) is 0 Å². The van der Waals surface area contributed by atoms with E-state index in [4.69, 9.17) is 10.2 Å². The van der Waals surface area contributed by atoms with Crippen LogP contribution >= 0.6 is 0 Å². The van der Waals surface area contributed by atoms with Gasteiger partial charge in [0, 0.05) is 6.61 Å². The Morgan fingerprint density at radius 3 is 2.62 bits per heavy atom. The van der Waals surface area contributed by atoms with Crippen LogP contribution in [0.5, 0.6) is 0 Å². The molecule has 3 nitrogen and oxygen atoms in total. The lowest BCUT2D eigenvalue weighted by Gasteiger charge is -2.08. The zero-order valence-electron chi connectivity index (χ0n) is 7.35. The Bertz CT molecular complexity index is 260. The van der Waals surface area contributed by atoms with Crippen LogP contribution < -0.4 is 0 Å². The minimum Gasteiger partial charge on any atom is -0.396 e. The fourth-order valence-electron chi connectivity index (χ4n) is 1.19. The summed E-state index contributed by atoms with van der Waals surface area (Å²) < 4.78 is 0. The van der Waals surface area contributed by atoms with Crippen molar-refractivity contribution in [3.05, 3.63) is 35.4 Å². The van der Waals surface area contributed by atoms with Gasteiger partial charge in [0.25, 0.3) is 0 Å².